The van der Waals surface area contributed by atoms with Gasteiger partial charge in [-0.25, -0.2) is 4.98 Å². The van der Waals surface area contributed by atoms with E-state index in [1.165, 1.54) is 0 Å². The Morgan fingerprint density at radius 1 is 1.58 bits per heavy atom. The summed E-state index contributed by atoms with van der Waals surface area (Å²) in [6.07, 6.45) is 11.4. The molecule has 0 radical (unpaired) electrons. The summed E-state index contributed by atoms with van der Waals surface area (Å²) in [4.78, 5) is 16.0. The van der Waals surface area contributed by atoms with Crippen LogP contribution in [0.4, 0.5) is 0 Å². The fraction of sp³-hybridized carbons (Fsp3) is 0.462. The van der Waals surface area contributed by atoms with Crippen molar-refractivity contribution in [2.45, 2.75) is 38.8 Å². The fourth-order valence-electron chi connectivity index (χ4n) is 2.04. The lowest BCUT2D eigenvalue weighted by atomic mass is 10.1. The van der Waals surface area contributed by atoms with E-state index in [-0.39, 0.29) is 11.9 Å². The third-order valence-electron chi connectivity index (χ3n) is 3.03. The van der Waals surface area contributed by atoms with Crippen LogP contribution in [-0.2, 0) is 11.3 Å². The monoisotopic (exact) mass is 261 g/mol. The number of nitrogens with one attached hydrogen (secondary N) is 2. The van der Waals surface area contributed by atoms with Gasteiger partial charge in [-0.05, 0) is 6.42 Å². The van der Waals surface area contributed by atoms with E-state index in [0.717, 1.165) is 18.4 Å². The highest BCUT2D eigenvalue weighted by molar-refractivity contribution is 5.76. The number of rotatable bonds is 7. The zero-order valence-electron chi connectivity index (χ0n) is 11.0. The number of aromatic nitrogens is 4. The molecule has 1 atom stereocenters. The van der Waals surface area contributed by atoms with Crippen molar-refractivity contribution >= 4 is 5.91 Å². The number of imidazole rings is 1. The molecular weight excluding hydrogens is 242 g/mol. The van der Waals surface area contributed by atoms with Crippen molar-refractivity contribution in [2.75, 3.05) is 0 Å². The molecule has 2 N–H and O–H groups in total. The van der Waals surface area contributed by atoms with Gasteiger partial charge in [-0.3, -0.25) is 9.89 Å². The molecule has 0 fully saturated rings. The number of aromatic amines is 1. The maximum Gasteiger partial charge on any atom is 0.222 e. The second-order valence-corrected chi connectivity index (χ2v) is 4.54. The summed E-state index contributed by atoms with van der Waals surface area (Å²) < 4.78 is 2.00. The predicted molar refractivity (Wildman–Crippen MR) is 71.2 cm³/mol. The first kappa shape index (κ1) is 13.3. The average Bonchev–Trinajstić information content (AvgIpc) is 3.09. The molecule has 19 heavy (non-hydrogen) atoms. The Morgan fingerprint density at radius 3 is 3.11 bits per heavy atom. The number of hydrogen-bond donors (Lipinski definition) is 2. The van der Waals surface area contributed by atoms with E-state index in [2.05, 4.69) is 27.4 Å². The Morgan fingerprint density at radius 2 is 2.47 bits per heavy atom. The zero-order chi connectivity index (χ0) is 13.5. The molecule has 2 rings (SSSR count). The Hall–Kier alpha value is -2.11. The Bertz CT molecular complexity index is 477. The normalized spacial score (nSPS) is 12.3. The highest BCUT2D eigenvalue weighted by Gasteiger charge is 2.14. The molecule has 1 unspecified atom stereocenters. The van der Waals surface area contributed by atoms with Crippen LogP contribution in [0.5, 0.6) is 0 Å². The van der Waals surface area contributed by atoms with Gasteiger partial charge in [0.05, 0.1) is 12.5 Å². The molecule has 0 saturated heterocycles. The first-order valence-corrected chi connectivity index (χ1v) is 6.51. The van der Waals surface area contributed by atoms with Gasteiger partial charge in [0.25, 0.3) is 0 Å². The second-order valence-electron chi connectivity index (χ2n) is 4.54. The number of hydrogen-bond acceptors (Lipinski definition) is 3. The van der Waals surface area contributed by atoms with Crippen LogP contribution in [0.3, 0.4) is 0 Å². The maximum atomic E-state index is 11.9. The SMILES string of the molecule is CCCC(CC(=O)NCc1cn[nH]c1)n1ccnc1. The van der Waals surface area contributed by atoms with E-state index >= 15 is 0 Å². The third kappa shape index (κ3) is 3.94. The van der Waals surface area contributed by atoms with Crippen molar-refractivity contribution in [3.63, 3.8) is 0 Å². The Balaban J connectivity index is 1.85. The molecule has 6 nitrogen and oxygen atoms in total. The van der Waals surface area contributed by atoms with Gasteiger partial charge in [0.15, 0.2) is 0 Å². The van der Waals surface area contributed by atoms with Crippen LogP contribution in [-0.4, -0.2) is 25.7 Å². The molecule has 0 aliphatic carbocycles. The second kappa shape index (κ2) is 6.72. The van der Waals surface area contributed by atoms with Crippen LogP contribution in [0.25, 0.3) is 0 Å². The highest BCUT2D eigenvalue weighted by Crippen LogP contribution is 2.17. The summed E-state index contributed by atoms with van der Waals surface area (Å²) in [5, 5.41) is 9.47. The average molecular weight is 261 g/mol. The van der Waals surface area contributed by atoms with Crippen molar-refractivity contribution < 1.29 is 4.79 Å². The molecule has 1 amide bonds. The third-order valence-corrected chi connectivity index (χ3v) is 3.03. The van der Waals surface area contributed by atoms with E-state index in [1.54, 1.807) is 24.9 Å². The van der Waals surface area contributed by atoms with Crippen LogP contribution < -0.4 is 5.32 Å². The molecule has 6 heteroatoms. The molecule has 2 aromatic rings. The van der Waals surface area contributed by atoms with Crippen molar-refractivity contribution in [3.8, 4) is 0 Å². The summed E-state index contributed by atoms with van der Waals surface area (Å²) in [5.74, 6) is 0.0494. The number of carbonyl (C=O) groups excluding carboxylic acids is 1. The number of H-pyrrole nitrogens is 1. The van der Waals surface area contributed by atoms with Gasteiger partial charge in [0, 0.05) is 43.2 Å². The molecule has 2 aromatic heterocycles. The minimum atomic E-state index is 0.0494. The molecule has 102 valence electrons. The van der Waals surface area contributed by atoms with E-state index in [4.69, 9.17) is 0 Å². The molecule has 0 aliphatic heterocycles. The lowest BCUT2D eigenvalue weighted by Gasteiger charge is -2.17. The maximum absolute atomic E-state index is 11.9. The van der Waals surface area contributed by atoms with E-state index in [9.17, 15) is 4.79 Å². The van der Waals surface area contributed by atoms with Crippen molar-refractivity contribution in [1.29, 1.82) is 0 Å². The Kier molecular flexibility index (Phi) is 4.72. The minimum Gasteiger partial charge on any atom is -0.352 e. The summed E-state index contributed by atoms with van der Waals surface area (Å²) >= 11 is 0. The van der Waals surface area contributed by atoms with Gasteiger partial charge in [-0.2, -0.15) is 5.10 Å². The molecule has 0 aromatic carbocycles. The smallest absolute Gasteiger partial charge is 0.222 e. The summed E-state index contributed by atoms with van der Waals surface area (Å²) in [7, 11) is 0. The standard InChI is InChI=1S/C13H19N5O/c1-2-3-12(18-5-4-14-10-18)6-13(19)15-7-11-8-16-17-9-11/h4-5,8-10,12H,2-3,6-7H2,1H3,(H,15,19)(H,16,17). The van der Waals surface area contributed by atoms with Crippen LogP contribution >= 0.6 is 0 Å². The zero-order valence-corrected chi connectivity index (χ0v) is 11.0. The van der Waals surface area contributed by atoms with Crippen molar-refractivity contribution in [1.82, 2.24) is 25.1 Å². The summed E-state index contributed by atoms with van der Waals surface area (Å²) in [5.41, 5.74) is 0.975. The summed E-state index contributed by atoms with van der Waals surface area (Å²) in [6.45, 7) is 2.63. The first-order chi connectivity index (χ1) is 9.29. The minimum absolute atomic E-state index is 0.0494. The molecule has 0 bridgehead atoms. The fourth-order valence-corrected chi connectivity index (χ4v) is 2.04. The topological polar surface area (TPSA) is 75.6 Å². The molecule has 0 aliphatic rings. The van der Waals surface area contributed by atoms with Gasteiger partial charge < -0.3 is 9.88 Å². The van der Waals surface area contributed by atoms with E-state index < -0.39 is 0 Å². The molecule has 0 spiro atoms. The van der Waals surface area contributed by atoms with Crippen LogP contribution in [0.15, 0.2) is 31.1 Å². The predicted octanol–water partition coefficient (Wildman–Crippen LogP) is 1.65. The van der Waals surface area contributed by atoms with Gasteiger partial charge >= 0.3 is 0 Å². The lowest BCUT2D eigenvalue weighted by molar-refractivity contribution is -0.122. The van der Waals surface area contributed by atoms with Crippen LogP contribution in [0, 0.1) is 0 Å². The highest BCUT2D eigenvalue weighted by atomic mass is 16.1. The van der Waals surface area contributed by atoms with E-state index in [0.29, 0.717) is 13.0 Å². The van der Waals surface area contributed by atoms with E-state index in [1.807, 2.05) is 10.8 Å². The van der Waals surface area contributed by atoms with Crippen LogP contribution in [0.1, 0.15) is 37.8 Å². The van der Waals surface area contributed by atoms with Gasteiger partial charge in [0.1, 0.15) is 0 Å². The lowest BCUT2D eigenvalue weighted by Crippen LogP contribution is -2.26. The molecule has 0 saturated carbocycles. The number of amides is 1. The van der Waals surface area contributed by atoms with Crippen LogP contribution in [0.2, 0.25) is 0 Å². The van der Waals surface area contributed by atoms with Gasteiger partial charge in [0.2, 0.25) is 5.91 Å². The van der Waals surface area contributed by atoms with Gasteiger partial charge in [-0.1, -0.05) is 13.3 Å². The number of carbonyl (C=O) groups is 1. The van der Waals surface area contributed by atoms with Crippen molar-refractivity contribution in [3.05, 3.63) is 36.7 Å². The molecular formula is C13H19N5O. The quantitative estimate of drug-likeness (QED) is 0.795. The van der Waals surface area contributed by atoms with Gasteiger partial charge in [-0.15, -0.1) is 0 Å². The summed E-state index contributed by atoms with van der Waals surface area (Å²) in [6, 6.07) is 0.178. The number of nitrogens with zero attached hydrogens (tertiary/aromatic N) is 3. The first-order valence-electron chi connectivity index (χ1n) is 6.51. The molecule has 2 heterocycles. The largest absolute Gasteiger partial charge is 0.352 e. The Labute approximate surface area is 112 Å². The van der Waals surface area contributed by atoms with Crippen molar-refractivity contribution in [2.24, 2.45) is 0 Å².